The third kappa shape index (κ3) is 3.51. The lowest BCUT2D eigenvalue weighted by Gasteiger charge is -2.42. The molecule has 1 aliphatic carbocycles. The predicted molar refractivity (Wildman–Crippen MR) is 110 cm³/mol. The Morgan fingerprint density at radius 2 is 1.63 bits per heavy atom. The summed E-state index contributed by atoms with van der Waals surface area (Å²) < 4.78 is 5.02. The molecular formula is C24H28O3. The van der Waals surface area contributed by atoms with Crippen LogP contribution in [0.25, 0.3) is 16.7 Å². The van der Waals surface area contributed by atoms with Crippen molar-refractivity contribution in [3.8, 4) is 11.1 Å². The number of hydrogen-bond acceptors (Lipinski definition) is 2. The fourth-order valence-electron chi connectivity index (χ4n) is 4.07. The fourth-order valence-corrected chi connectivity index (χ4v) is 4.07. The zero-order chi connectivity index (χ0) is 19.8. The summed E-state index contributed by atoms with van der Waals surface area (Å²) in [5, 5.41) is 9.62. The van der Waals surface area contributed by atoms with E-state index in [9.17, 15) is 9.90 Å². The lowest BCUT2D eigenvalue weighted by atomic mass is 9.63. The number of rotatable bonds is 4. The highest BCUT2D eigenvalue weighted by atomic mass is 16.5. The lowest BCUT2D eigenvalue weighted by molar-refractivity contribution is -0.130. The second kappa shape index (κ2) is 6.88. The summed E-state index contributed by atoms with van der Waals surface area (Å²) in [4.78, 5) is 11.7. The number of methoxy groups -OCH3 is 1. The van der Waals surface area contributed by atoms with Gasteiger partial charge >= 0.3 is 5.97 Å². The lowest BCUT2D eigenvalue weighted by Crippen LogP contribution is -2.33. The van der Waals surface area contributed by atoms with Gasteiger partial charge in [0.05, 0.1) is 13.4 Å². The van der Waals surface area contributed by atoms with Gasteiger partial charge in [0, 0.05) is 0 Å². The summed E-state index contributed by atoms with van der Waals surface area (Å²) >= 11 is 0. The van der Waals surface area contributed by atoms with Crippen molar-refractivity contribution in [3.63, 3.8) is 0 Å². The number of aliphatic carboxylic acids is 1. The van der Waals surface area contributed by atoms with E-state index in [1.165, 1.54) is 30.9 Å². The van der Waals surface area contributed by atoms with Crippen LogP contribution >= 0.6 is 0 Å². The van der Waals surface area contributed by atoms with Crippen molar-refractivity contribution >= 4 is 11.5 Å². The molecule has 1 N–H and O–H groups in total. The first-order chi connectivity index (χ1) is 12.7. The predicted octanol–water partition coefficient (Wildman–Crippen LogP) is 5.77. The molecule has 0 bridgehead atoms. The second-order valence-electron chi connectivity index (χ2n) is 8.65. The Bertz CT molecular complexity index is 904. The summed E-state index contributed by atoms with van der Waals surface area (Å²) in [6.45, 7) is 9.20. The SMILES string of the molecule is CO/C=C(/C(=O)O)c1ccccc1-c1ccc2c(c1)C(C)(C)CCC2(C)C. The molecule has 0 spiro atoms. The van der Waals surface area contributed by atoms with Crippen LogP contribution in [0.4, 0.5) is 0 Å². The number of ether oxygens (including phenoxy) is 1. The monoisotopic (exact) mass is 364 g/mol. The van der Waals surface area contributed by atoms with Gasteiger partial charge in [-0.25, -0.2) is 4.79 Å². The summed E-state index contributed by atoms with van der Waals surface area (Å²) in [5.41, 5.74) is 5.79. The van der Waals surface area contributed by atoms with Crippen molar-refractivity contribution in [1.29, 1.82) is 0 Å². The van der Waals surface area contributed by atoms with Crippen molar-refractivity contribution < 1.29 is 14.6 Å². The van der Waals surface area contributed by atoms with Crippen molar-refractivity contribution in [1.82, 2.24) is 0 Å². The number of fused-ring (bicyclic) bond motifs is 1. The molecule has 0 aromatic heterocycles. The van der Waals surface area contributed by atoms with Gasteiger partial charge in [0.1, 0.15) is 5.57 Å². The van der Waals surface area contributed by atoms with Crippen LogP contribution in [-0.4, -0.2) is 18.2 Å². The number of carboxylic acid groups (broad SMARTS) is 1. The second-order valence-corrected chi connectivity index (χ2v) is 8.65. The molecule has 1 aliphatic rings. The smallest absolute Gasteiger partial charge is 0.339 e. The van der Waals surface area contributed by atoms with Gasteiger partial charge in [-0.15, -0.1) is 0 Å². The minimum atomic E-state index is -0.997. The molecule has 0 amide bonds. The average Bonchev–Trinajstić information content (AvgIpc) is 2.63. The van der Waals surface area contributed by atoms with Crippen LogP contribution in [0.3, 0.4) is 0 Å². The van der Waals surface area contributed by atoms with Gasteiger partial charge in [0.25, 0.3) is 0 Å². The maximum Gasteiger partial charge on any atom is 0.339 e. The molecule has 2 aromatic carbocycles. The van der Waals surface area contributed by atoms with Gasteiger partial charge in [0.15, 0.2) is 0 Å². The zero-order valence-electron chi connectivity index (χ0n) is 16.8. The minimum Gasteiger partial charge on any atom is -0.503 e. The van der Waals surface area contributed by atoms with E-state index in [1.54, 1.807) is 0 Å². The first kappa shape index (κ1) is 19.2. The third-order valence-corrected chi connectivity index (χ3v) is 5.85. The standard InChI is InChI=1S/C24H28O3/c1-23(2)12-13-24(3,4)21-14-16(10-11-20(21)23)17-8-6-7-9-18(17)19(15-27-5)22(25)26/h6-11,14-15H,12-13H2,1-5H3,(H,25,26)/b19-15+. The maximum atomic E-state index is 11.7. The van der Waals surface area contributed by atoms with Crippen LogP contribution < -0.4 is 0 Å². The summed E-state index contributed by atoms with van der Waals surface area (Å²) in [6, 6.07) is 14.2. The molecule has 0 saturated carbocycles. The highest BCUT2D eigenvalue weighted by molar-refractivity contribution is 6.17. The molecule has 0 fully saturated rings. The molecule has 142 valence electrons. The van der Waals surface area contributed by atoms with Crippen LogP contribution in [0.5, 0.6) is 0 Å². The van der Waals surface area contributed by atoms with Crippen molar-refractivity contribution in [3.05, 3.63) is 65.4 Å². The van der Waals surface area contributed by atoms with E-state index in [0.717, 1.165) is 17.5 Å². The normalized spacial score (nSPS) is 17.9. The van der Waals surface area contributed by atoms with Gasteiger partial charge in [-0.2, -0.15) is 0 Å². The number of carboxylic acids is 1. The Labute approximate surface area is 161 Å². The van der Waals surface area contributed by atoms with E-state index in [-0.39, 0.29) is 16.4 Å². The molecule has 3 rings (SSSR count). The fraction of sp³-hybridized carbons (Fsp3) is 0.375. The zero-order valence-corrected chi connectivity index (χ0v) is 16.8. The van der Waals surface area contributed by atoms with Gasteiger partial charge < -0.3 is 9.84 Å². The molecule has 0 saturated heterocycles. The van der Waals surface area contributed by atoms with Crippen molar-refractivity contribution in [2.45, 2.75) is 51.4 Å². The Kier molecular flexibility index (Phi) is 4.90. The van der Waals surface area contributed by atoms with E-state index in [1.807, 2.05) is 24.3 Å². The van der Waals surface area contributed by atoms with Crippen LogP contribution in [0.2, 0.25) is 0 Å². The maximum absolute atomic E-state index is 11.7. The highest BCUT2D eigenvalue weighted by Crippen LogP contribution is 2.47. The molecule has 27 heavy (non-hydrogen) atoms. The van der Waals surface area contributed by atoms with E-state index in [2.05, 4.69) is 45.9 Å². The van der Waals surface area contributed by atoms with E-state index in [4.69, 9.17) is 4.74 Å². The minimum absolute atomic E-state index is 0.105. The molecule has 0 atom stereocenters. The van der Waals surface area contributed by atoms with Crippen molar-refractivity contribution in [2.75, 3.05) is 7.11 Å². The molecule has 0 radical (unpaired) electrons. The topological polar surface area (TPSA) is 46.5 Å². The molecule has 0 heterocycles. The number of benzene rings is 2. The molecule has 2 aromatic rings. The quantitative estimate of drug-likeness (QED) is 0.553. The summed E-state index contributed by atoms with van der Waals surface area (Å²) in [6.07, 6.45) is 3.61. The number of carbonyl (C=O) groups is 1. The Morgan fingerprint density at radius 3 is 2.26 bits per heavy atom. The van der Waals surface area contributed by atoms with Gasteiger partial charge in [-0.05, 0) is 51.5 Å². The van der Waals surface area contributed by atoms with Crippen molar-refractivity contribution in [2.24, 2.45) is 0 Å². The summed E-state index contributed by atoms with van der Waals surface area (Å²) in [5.74, 6) is -0.997. The van der Waals surface area contributed by atoms with Gasteiger partial charge in [-0.1, -0.05) is 70.2 Å². The van der Waals surface area contributed by atoms with Crippen LogP contribution in [0.1, 0.15) is 57.2 Å². The van der Waals surface area contributed by atoms with Gasteiger partial charge in [-0.3, -0.25) is 0 Å². The van der Waals surface area contributed by atoms with Crippen LogP contribution in [0, 0.1) is 0 Å². The largest absolute Gasteiger partial charge is 0.503 e. The van der Waals surface area contributed by atoms with E-state index < -0.39 is 5.97 Å². The molecule has 0 aliphatic heterocycles. The molecular weight excluding hydrogens is 336 g/mol. The third-order valence-electron chi connectivity index (χ3n) is 5.85. The Morgan fingerprint density at radius 1 is 1.00 bits per heavy atom. The average molecular weight is 364 g/mol. The molecule has 3 nitrogen and oxygen atoms in total. The molecule has 3 heteroatoms. The first-order valence-corrected chi connectivity index (χ1v) is 9.38. The first-order valence-electron chi connectivity index (χ1n) is 9.38. The summed E-state index contributed by atoms with van der Waals surface area (Å²) in [7, 11) is 1.47. The van der Waals surface area contributed by atoms with Gasteiger partial charge in [0.2, 0.25) is 0 Å². The Balaban J connectivity index is 2.20. The highest BCUT2D eigenvalue weighted by Gasteiger charge is 2.37. The van der Waals surface area contributed by atoms with E-state index in [0.29, 0.717) is 5.56 Å². The van der Waals surface area contributed by atoms with E-state index >= 15 is 0 Å². The van der Waals surface area contributed by atoms with Crippen LogP contribution in [-0.2, 0) is 20.4 Å². The number of hydrogen-bond donors (Lipinski definition) is 1. The van der Waals surface area contributed by atoms with Crippen LogP contribution in [0.15, 0.2) is 48.7 Å². The Hall–Kier alpha value is -2.55. The molecule has 0 unspecified atom stereocenters.